The van der Waals surface area contributed by atoms with E-state index >= 15 is 0 Å². The van der Waals surface area contributed by atoms with Crippen molar-refractivity contribution < 1.29 is 0 Å². The summed E-state index contributed by atoms with van der Waals surface area (Å²) in [6.07, 6.45) is 0. The first-order valence-electron chi connectivity index (χ1n) is 7.52. The Labute approximate surface area is 121 Å². The van der Waals surface area contributed by atoms with Crippen molar-refractivity contribution in [1.29, 1.82) is 0 Å². The Kier molecular flexibility index (Phi) is 4.03. The van der Waals surface area contributed by atoms with Gasteiger partial charge in [-0.3, -0.25) is 9.89 Å². The third-order valence-electron chi connectivity index (χ3n) is 4.35. The predicted octanol–water partition coefficient (Wildman–Crippen LogP) is 1.29. The number of hydrogen-bond acceptors (Lipinski definition) is 4. The van der Waals surface area contributed by atoms with E-state index in [1.165, 1.54) is 11.1 Å². The average molecular weight is 272 g/mol. The maximum atomic E-state index is 4.70. The van der Waals surface area contributed by atoms with E-state index in [0.717, 1.165) is 45.1 Å². The average Bonchev–Trinajstić information content (AvgIpc) is 2.97. The van der Waals surface area contributed by atoms with Gasteiger partial charge in [0.1, 0.15) is 5.84 Å². The fraction of sp³-hybridized carbons (Fsp3) is 0.562. The molecule has 20 heavy (non-hydrogen) atoms. The van der Waals surface area contributed by atoms with Crippen molar-refractivity contribution in [3.63, 3.8) is 0 Å². The molecule has 4 nitrogen and oxygen atoms in total. The normalized spacial score (nSPS) is 22.4. The lowest BCUT2D eigenvalue weighted by Crippen LogP contribution is -2.49. The van der Waals surface area contributed by atoms with Gasteiger partial charge in [0.25, 0.3) is 0 Å². The van der Waals surface area contributed by atoms with Gasteiger partial charge in [-0.1, -0.05) is 24.3 Å². The molecule has 108 valence electrons. The first kappa shape index (κ1) is 13.6. The van der Waals surface area contributed by atoms with Crippen molar-refractivity contribution in [1.82, 2.24) is 15.1 Å². The molecule has 2 heterocycles. The Morgan fingerprint density at radius 2 is 1.90 bits per heavy atom. The molecule has 2 aliphatic rings. The van der Waals surface area contributed by atoms with Gasteiger partial charge < -0.3 is 10.2 Å². The molecule has 2 aliphatic heterocycles. The fourth-order valence-corrected chi connectivity index (χ4v) is 3.09. The minimum Gasteiger partial charge on any atom is -0.370 e. The number of nitrogens with zero attached hydrogens (tertiary/aromatic N) is 3. The summed E-state index contributed by atoms with van der Waals surface area (Å²) >= 11 is 0. The highest BCUT2D eigenvalue weighted by molar-refractivity contribution is 5.90. The van der Waals surface area contributed by atoms with Crippen LogP contribution in [0.4, 0.5) is 0 Å². The number of rotatable bonds is 3. The molecule has 1 N–H and O–H groups in total. The van der Waals surface area contributed by atoms with E-state index in [0.29, 0.717) is 6.04 Å². The molecule has 0 radical (unpaired) electrons. The van der Waals surface area contributed by atoms with Crippen molar-refractivity contribution in [2.45, 2.75) is 13.0 Å². The summed E-state index contributed by atoms with van der Waals surface area (Å²) in [5.41, 5.74) is 2.75. The van der Waals surface area contributed by atoms with Gasteiger partial charge in [-0.15, -0.1) is 0 Å². The second-order valence-corrected chi connectivity index (χ2v) is 5.79. The van der Waals surface area contributed by atoms with E-state index in [1.54, 1.807) is 0 Å². The van der Waals surface area contributed by atoms with Crippen LogP contribution in [-0.2, 0) is 0 Å². The van der Waals surface area contributed by atoms with Crippen molar-refractivity contribution in [2.75, 3.05) is 46.3 Å². The minimum absolute atomic E-state index is 0.299. The second-order valence-electron chi connectivity index (χ2n) is 5.79. The van der Waals surface area contributed by atoms with E-state index in [9.17, 15) is 0 Å². The fourth-order valence-electron chi connectivity index (χ4n) is 3.09. The maximum absolute atomic E-state index is 4.70. The van der Waals surface area contributed by atoms with Crippen molar-refractivity contribution in [2.24, 2.45) is 4.99 Å². The molecule has 0 aromatic heterocycles. The molecule has 1 atom stereocenters. The third-order valence-corrected chi connectivity index (χ3v) is 4.35. The van der Waals surface area contributed by atoms with Crippen LogP contribution in [0.5, 0.6) is 0 Å². The Bertz CT molecular complexity index is 489. The molecule has 0 saturated carbocycles. The Hall–Kier alpha value is -1.39. The number of aryl methyl sites for hydroxylation is 1. The van der Waals surface area contributed by atoms with E-state index in [-0.39, 0.29) is 0 Å². The summed E-state index contributed by atoms with van der Waals surface area (Å²) in [5, 5.41) is 3.49. The highest BCUT2D eigenvalue weighted by Crippen LogP contribution is 2.26. The zero-order valence-corrected chi connectivity index (χ0v) is 12.5. The molecule has 1 fully saturated rings. The van der Waals surface area contributed by atoms with Crippen LogP contribution in [0.1, 0.15) is 17.2 Å². The van der Waals surface area contributed by atoms with Gasteiger partial charge in [-0.05, 0) is 25.1 Å². The summed E-state index contributed by atoms with van der Waals surface area (Å²) in [5.74, 6) is 1.16. The largest absolute Gasteiger partial charge is 0.370 e. The van der Waals surface area contributed by atoms with Crippen LogP contribution in [0.2, 0.25) is 0 Å². The van der Waals surface area contributed by atoms with Gasteiger partial charge >= 0.3 is 0 Å². The molecule has 0 bridgehead atoms. The molecular weight excluding hydrogens is 248 g/mol. The van der Waals surface area contributed by atoms with Gasteiger partial charge in [-0.25, -0.2) is 0 Å². The van der Waals surface area contributed by atoms with E-state index in [1.807, 2.05) is 0 Å². The Morgan fingerprint density at radius 3 is 2.55 bits per heavy atom. The lowest BCUT2D eigenvalue weighted by atomic mass is 9.98. The zero-order valence-electron chi connectivity index (χ0n) is 12.5. The van der Waals surface area contributed by atoms with E-state index < -0.39 is 0 Å². The first-order valence-corrected chi connectivity index (χ1v) is 7.52. The molecule has 0 amide bonds. The SMILES string of the molecule is Cc1ccccc1C(C1=NCCN1)N1CCN(C)CC1. The smallest absolute Gasteiger partial charge is 0.119 e. The third kappa shape index (κ3) is 2.72. The van der Waals surface area contributed by atoms with Crippen molar-refractivity contribution in [3.8, 4) is 0 Å². The molecule has 0 aliphatic carbocycles. The molecule has 3 rings (SSSR count). The highest BCUT2D eigenvalue weighted by atomic mass is 15.3. The van der Waals surface area contributed by atoms with Crippen LogP contribution >= 0.6 is 0 Å². The number of benzene rings is 1. The van der Waals surface area contributed by atoms with Gasteiger partial charge in [0.2, 0.25) is 0 Å². The predicted molar refractivity (Wildman–Crippen MR) is 83.3 cm³/mol. The summed E-state index contributed by atoms with van der Waals surface area (Å²) in [6.45, 7) is 8.57. The van der Waals surface area contributed by atoms with E-state index in [2.05, 4.69) is 53.4 Å². The number of aliphatic imine (C=N–C) groups is 1. The van der Waals surface area contributed by atoms with Crippen molar-refractivity contribution >= 4 is 5.84 Å². The molecule has 1 aromatic carbocycles. The number of likely N-dealkylation sites (N-methyl/N-ethyl adjacent to an activating group) is 1. The molecule has 4 heteroatoms. The topological polar surface area (TPSA) is 30.9 Å². The second kappa shape index (κ2) is 5.94. The van der Waals surface area contributed by atoms with Gasteiger partial charge in [0, 0.05) is 32.7 Å². The van der Waals surface area contributed by atoms with Gasteiger partial charge in [-0.2, -0.15) is 0 Å². The molecular formula is C16H24N4. The lowest BCUT2D eigenvalue weighted by Gasteiger charge is -2.38. The number of amidine groups is 1. The van der Waals surface area contributed by atoms with Crippen LogP contribution in [0.25, 0.3) is 0 Å². The standard InChI is InChI=1S/C16H24N4/c1-13-5-3-4-6-14(13)15(16-17-7-8-18-16)20-11-9-19(2)10-12-20/h3-6,15H,7-12H2,1-2H3,(H,17,18). The Morgan fingerprint density at radius 1 is 1.15 bits per heavy atom. The first-order chi connectivity index (χ1) is 9.75. The summed E-state index contributed by atoms with van der Waals surface area (Å²) < 4.78 is 0. The maximum Gasteiger partial charge on any atom is 0.119 e. The van der Waals surface area contributed by atoms with Crippen LogP contribution in [0, 0.1) is 6.92 Å². The van der Waals surface area contributed by atoms with Crippen LogP contribution < -0.4 is 5.32 Å². The number of piperazine rings is 1. The molecule has 0 spiro atoms. The van der Waals surface area contributed by atoms with Crippen LogP contribution in [-0.4, -0.2) is 62.0 Å². The number of nitrogens with one attached hydrogen (secondary N) is 1. The highest BCUT2D eigenvalue weighted by Gasteiger charge is 2.30. The summed E-state index contributed by atoms with van der Waals surface area (Å²) in [6, 6.07) is 9.01. The van der Waals surface area contributed by atoms with Crippen LogP contribution in [0.3, 0.4) is 0 Å². The minimum atomic E-state index is 0.299. The Balaban J connectivity index is 1.90. The summed E-state index contributed by atoms with van der Waals surface area (Å²) in [7, 11) is 2.20. The number of hydrogen-bond donors (Lipinski definition) is 1. The lowest BCUT2D eigenvalue weighted by molar-refractivity contribution is 0.135. The van der Waals surface area contributed by atoms with Gasteiger partial charge in [0.15, 0.2) is 0 Å². The molecule has 1 unspecified atom stereocenters. The zero-order chi connectivity index (χ0) is 13.9. The molecule has 1 saturated heterocycles. The molecule has 1 aromatic rings. The van der Waals surface area contributed by atoms with E-state index in [4.69, 9.17) is 4.99 Å². The summed E-state index contributed by atoms with van der Waals surface area (Å²) in [4.78, 5) is 9.67. The quantitative estimate of drug-likeness (QED) is 0.899. The van der Waals surface area contributed by atoms with Crippen molar-refractivity contribution in [3.05, 3.63) is 35.4 Å². The van der Waals surface area contributed by atoms with Crippen LogP contribution in [0.15, 0.2) is 29.3 Å². The monoisotopic (exact) mass is 272 g/mol. The van der Waals surface area contributed by atoms with Gasteiger partial charge in [0.05, 0.1) is 12.6 Å².